The molecule has 2 aromatic rings. The Morgan fingerprint density at radius 2 is 2.00 bits per heavy atom. The van der Waals surface area contributed by atoms with Gasteiger partial charge in [0.2, 0.25) is 0 Å². The third-order valence-electron chi connectivity index (χ3n) is 3.24. The first-order valence-corrected chi connectivity index (χ1v) is 6.75. The number of anilines is 3. The average Bonchev–Trinajstić information content (AvgIpc) is 2.48. The van der Waals surface area contributed by atoms with Crippen molar-refractivity contribution in [1.82, 2.24) is 4.98 Å². The highest BCUT2D eigenvalue weighted by Crippen LogP contribution is 2.23. The fourth-order valence-electron chi connectivity index (χ4n) is 2.16. The second-order valence-electron chi connectivity index (χ2n) is 5.00. The number of carbonyl (C=O) groups is 1. The third-order valence-corrected chi connectivity index (χ3v) is 3.24. The molecule has 110 valence electrons. The molecule has 1 amide bonds. The number of rotatable bonds is 4. The Kier molecular flexibility index (Phi) is 4.42. The Morgan fingerprint density at radius 1 is 1.24 bits per heavy atom. The number of aromatic nitrogens is 1. The van der Waals surface area contributed by atoms with Gasteiger partial charge in [-0.15, -0.1) is 0 Å². The molecule has 21 heavy (non-hydrogen) atoms. The largest absolute Gasteiger partial charge is 0.377 e. The van der Waals surface area contributed by atoms with Crippen LogP contribution in [0.4, 0.5) is 17.2 Å². The number of amides is 1. The zero-order valence-corrected chi connectivity index (χ0v) is 12.8. The predicted octanol–water partition coefficient (Wildman–Crippen LogP) is 2.75. The normalized spacial score (nSPS) is 10.1. The van der Waals surface area contributed by atoms with Crippen molar-refractivity contribution in [1.29, 1.82) is 0 Å². The van der Waals surface area contributed by atoms with Crippen molar-refractivity contribution in [3.63, 3.8) is 0 Å². The van der Waals surface area contributed by atoms with E-state index in [2.05, 4.69) is 15.6 Å². The summed E-state index contributed by atoms with van der Waals surface area (Å²) in [7, 11) is 5.71. The van der Waals surface area contributed by atoms with Gasteiger partial charge in [-0.3, -0.25) is 4.79 Å². The minimum atomic E-state index is -0.180. The Labute approximate surface area is 125 Å². The minimum absolute atomic E-state index is 0.180. The Hall–Kier alpha value is -2.56. The van der Waals surface area contributed by atoms with E-state index in [1.807, 2.05) is 44.1 Å². The Bertz CT molecular complexity index is 652. The van der Waals surface area contributed by atoms with Crippen LogP contribution < -0.4 is 15.5 Å². The van der Waals surface area contributed by atoms with Gasteiger partial charge in [0.25, 0.3) is 5.91 Å². The summed E-state index contributed by atoms with van der Waals surface area (Å²) >= 11 is 0. The smallest absolute Gasteiger partial charge is 0.259 e. The molecule has 0 atom stereocenters. The van der Waals surface area contributed by atoms with Crippen molar-refractivity contribution >= 4 is 23.1 Å². The van der Waals surface area contributed by atoms with Gasteiger partial charge < -0.3 is 15.5 Å². The molecule has 1 aromatic heterocycles. The zero-order chi connectivity index (χ0) is 15.4. The number of hydrogen-bond acceptors (Lipinski definition) is 4. The number of nitrogens with zero attached hydrogens (tertiary/aromatic N) is 2. The van der Waals surface area contributed by atoms with E-state index in [0.29, 0.717) is 11.4 Å². The maximum absolute atomic E-state index is 12.4. The summed E-state index contributed by atoms with van der Waals surface area (Å²) in [6.07, 6.45) is 1.65. The molecule has 1 aromatic carbocycles. The van der Waals surface area contributed by atoms with E-state index in [1.165, 1.54) is 0 Å². The maximum Gasteiger partial charge on any atom is 0.259 e. The number of hydrogen-bond donors (Lipinski definition) is 2. The van der Waals surface area contributed by atoms with E-state index in [-0.39, 0.29) is 5.91 Å². The lowest BCUT2D eigenvalue weighted by Gasteiger charge is -2.17. The molecular formula is C16H20N4O. The van der Waals surface area contributed by atoms with Gasteiger partial charge in [-0.1, -0.05) is 6.07 Å². The van der Waals surface area contributed by atoms with Crippen molar-refractivity contribution in [2.24, 2.45) is 0 Å². The standard InChI is InChI=1S/C16H20N4O/c1-11-7-8-12(10-14(11)20(3)4)19-16(21)13-6-5-9-18-15(13)17-2/h5-10H,1-4H3,(H,17,18)(H,19,21). The quantitative estimate of drug-likeness (QED) is 0.906. The van der Waals surface area contributed by atoms with Crippen molar-refractivity contribution < 1.29 is 4.79 Å². The number of nitrogens with one attached hydrogen (secondary N) is 2. The first kappa shape index (κ1) is 14.8. The van der Waals surface area contributed by atoms with Crippen LogP contribution in [-0.2, 0) is 0 Å². The summed E-state index contributed by atoms with van der Waals surface area (Å²) in [6, 6.07) is 9.34. The second-order valence-corrected chi connectivity index (χ2v) is 5.00. The van der Waals surface area contributed by atoms with Gasteiger partial charge in [0.1, 0.15) is 5.82 Å². The van der Waals surface area contributed by atoms with Crippen molar-refractivity contribution in [2.45, 2.75) is 6.92 Å². The Balaban J connectivity index is 2.26. The van der Waals surface area contributed by atoms with Gasteiger partial charge in [0.05, 0.1) is 5.56 Å². The van der Waals surface area contributed by atoms with Crippen LogP contribution in [0.2, 0.25) is 0 Å². The summed E-state index contributed by atoms with van der Waals surface area (Å²) in [6.45, 7) is 2.04. The van der Waals surface area contributed by atoms with Gasteiger partial charge >= 0.3 is 0 Å². The number of carbonyl (C=O) groups excluding carboxylic acids is 1. The summed E-state index contributed by atoms with van der Waals surface area (Å²) < 4.78 is 0. The fourth-order valence-corrected chi connectivity index (χ4v) is 2.16. The second kappa shape index (κ2) is 6.26. The van der Waals surface area contributed by atoms with Crippen LogP contribution >= 0.6 is 0 Å². The zero-order valence-electron chi connectivity index (χ0n) is 12.8. The molecule has 5 nitrogen and oxygen atoms in total. The molecule has 0 aliphatic rings. The molecule has 0 radical (unpaired) electrons. The van der Waals surface area contributed by atoms with Crippen LogP contribution in [0.25, 0.3) is 0 Å². The first-order valence-electron chi connectivity index (χ1n) is 6.75. The lowest BCUT2D eigenvalue weighted by Crippen LogP contribution is -2.16. The molecule has 0 saturated heterocycles. The van der Waals surface area contributed by atoms with Gasteiger partial charge in [0.15, 0.2) is 0 Å². The van der Waals surface area contributed by atoms with Crippen LogP contribution in [0.5, 0.6) is 0 Å². The Morgan fingerprint density at radius 3 is 2.67 bits per heavy atom. The van der Waals surface area contributed by atoms with E-state index in [4.69, 9.17) is 0 Å². The third kappa shape index (κ3) is 3.31. The molecule has 0 bridgehead atoms. The SMILES string of the molecule is CNc1ncccc1C(=O)Nc1ccc(C)c(N(C)C)c1. The van der Waals surface area contributed by atoms with Gasteiger partial charge in [-0.05, 0) is 36.8 Å². The topological polar surface area (TPSA) is 57.3 Å². The minimum Gasteiger partial charge on any atom is -0.377 e. The van der Waals surface area contributed by atoms with Crippen molar-refractivity contribution in [3.05, 3.63) is 47.7 Å². The average molecular weight is 284 g/mol. The van der Waals surface area contributed by atoms with Gasteiger partial charge in [0, 0.05) is 38.7 Å². The van der Waals surface area contributed by atoms with E-state index >= 15 is 0 Å². The van der Waals surface area contributed by atoms with Crippen LogP contribution in [-0.4, -0.2) is 32.0 Å². The van der Waals surface area contributed by atoms with Crippen LogP contribution in [0.3, 0.4) is 0 Å². The highest BCUT2D eigenvalue weighted by molar-refractivity contribution is 6.07. The van der Waals surface area contributed by atoms with Crippen LogP contribution in [0, 0.1) is 6.92 Å². The van der Waals surface area contributed by atoms with E-state index in [0.717, 1.165) is 16.9 Å². The number of aryl methyl sites for hydroxylation is 1. The predicted molar refractivity (Wildman–Crippen MR) is 87.2 cm³/mol. The fraction of sp³-hybridized carbons (Fsp3) is 0.250. The van der Waals surface area contributed by atoms with Crippen LogP contribution in [0.15, 0.2) is 36.5 Å². The van der Waals surface area contributed by atoms with Gasteiger partial charge in [-0.25, -0.2) is 4.98 Å². The molecular weight excluding hydrogens is 264 g/mol. The summed E-state index contributed by atoms with van der Waals surface area (Å²) in [5.74, 6) is 0.385. The first-order chi connectivity index (χ1) is 10.0. The number of pyridine rings is 1. The van der Waals surface area contributed by atoms with E-state index < -0.39 is 0 Å². The monoisotopic (exact) mass is 284 g/mol. The summed E-state index contributed by atoms with van der Waals surface area (Å²) in [4.78, 5) is 18.5. The molecule has 0 fully saturated rings. The molecule has 0 aliphatic heterocycles. The molecule has 2 N–H and O–H groups in total. The number of benzene rings is 1. The van der Waals surface area contributed by atoms with E-state index in [9.17, 15) is 4.79 Å². The highest BCUT2D eigenvalue weighted by Gasteiger charge is 2.12. The molecule has 5 heteroatoms. The van der Waals surface area contributed by atoms with Crippen molar-refractivity contribution in [2.75, 3.05) is 36.7 Å². The highest BCUT2D eigenvalue weighted by atomic mass is 16.1. The van der Waals surface area contributed by atoms with Crippen LogP contribution in [0.1, 0.15) is 15.9 Å². The molecule has 2 rings (SSSR count). The molecule has 0 aliphatic carbocycles. The molecule has 1 heterocycles. The molecule has 0 spiro atoms. The van der Waals surface area contributed by atoms with Crippen molar-refractivity contribution in [3.8, 4) is 0 Å². The molecule has 0 unspecified atom stereocenters. The molecule has 0 saturated carbocycles. The van der Waals surface area contributed by atoms with E-state index in [1.54, 1.807) is 25.4 Å². The summed E-state index contributed by atoms with van der Waals surface area (Å²) in [5.41, 5.74) is 3.52. The lowest BCUT2D eigenvalue weighted by atomic mass is 10.1. The maximum atomic E-state index is 12.4. The van der Waals surface area contributed by atoms with Gasteiger partial charge in [-0.2, -0.15) is 0 Å². The lowest BCUT2D eigenvalue weighted by molar-refractivity contribution is 0.102. The summed E-state index contributed by atoms with van der Waals surface area (Å²) in [5, 5.41) is 5.83.